The molecule has 4 aromatic rings. The first-order chi connectivity index (χ1) is 15.2. The lowest BCUT2D eigenvalue weighted by Gasteiger charge is -2.05. The maximum Gasteiger partial charge on any atom is 0.301 e. The van der Waals surface area contributed by atoms with Crippen LogP contribution in [0.4, 0.5) is 14.6 Å². The number of nitrogens with one attached hydrogen (secondary N) is 1. The van der Waals surface area contributed by atoms with Gasteiger partial charge in [0.15, 0.2) is 28.9 Å². The fraction of sp³-hybridized carbons (Fsp3) is 0.227. The van der Waals surface area contributed by atoms with Crippen molar-refractivity contribution in [1.82, 2.24) is 14.8 Å². The van der Waals surface area contributed by atoms with Gasteiger partial charge in [0, 0.05) is 31.7 Å². The Labute approximate surface area is 181 Å². The molecule has 0 bridgehead atoms. The summed E-state index contributed by atoms with van der Waals surface area (Å²) in [5, 5.41) is 6.91. The Morgan fingerprint density at radius 1 is 1.22 bits per heavy atom. The fourth-order valence-corrected chi connectivity index (χ4v) is 3.09. The summed E-state index contributed by atoms with van der Waals surface area (Å²) in [7, 11) is 1.55. The fourth-order valence-electron chi connectivity index (χ4n) is 3.09. The Kier molecular flexibility index (Phi) is 5.52. The minimum atomic E-state index is -3.06. The number of rotatable bonds is 7. The van der Waals surface area contributed by atoms with Crippen molar-refractivity contribution in [3.05, 3.63) is 71.8 Å². The van der Waals surface area contributed by atoms with Crippen molar-refractivity contribution >= 4 is 11.7 Å². The maximum absolute atomic E-state index is 13.3. The molecule has 1 aromatic carbocycles. The molecule has 0 aliphatic rings. The summed E-state index contributed by atoms with van der Waals surface area (Å²) in [5.41, 5.74) is 0.744. The molecule has 0 saturated heterocycles. The van der Waals surface area contributed by atoms with E-state index < -0.39 is 17.6 Å². The Balaban J connectivity index is 1.50. The number of nitrogens with zero attached hydrogens (tertiary/aromatic N) is 3. The molecular weight excluding hydrogens is 422 g/mol. The molecule has 0 saturated carbocycles. The standard InChI is InChI=1S/C22H20F2N4O4/c1-13-25-19(20(31-13)14-5-4-6-15(11-14)30-3)21(29)26-18-9-10-28(27-18)12-16-7-8-17(32-16)22(2,23)24/h4-11H,12H2,1-3H3,(H,26,27,29). The number of carbonyl (C=O) groups excluding carboxylic acids is 1. The smallest absolute Gasteiger partial charge is 0.301 e. The van der Waals surface area contributed by atoms with Crippen LogP contribution in [-0.4, -0.2) is 27.8 Å². The third-order valence-corrected chi connectivity index (χ3v) is 4.58. The van der Waals surface area contributed by atoms with Gasteiger partial charge in [0.2, 0.25) is 0 Å². The average molecular weight is 442 g/mol. The van der Waals surface area contributed by atoms with Crippen LogP contribution in [-0.2, 0) is 12.5 Å². The third kappa shape index (κ3) is 4.53. The van der Waals surface area contributed by atoms with Gasteiger partial charge in [0.05, 0.1) is 13.7 Å². The largest absolute Gasteiger partial charge is 0.497 e. The van der Waals surface area contributed by atoms with Gasteiger partial charge < -0.3 is 18.9 Å². The monoisotopic (exact) mass is 442 g/mol. The molecule has 8 nitrogen and oxygen atoms in total. The summed E-state index contributed by atoms with van der Waals surface area (Å²) in [6.07, 6.45) is 1.60. The van der Waals surface area contributed by atoms with Crippen molar-refractivity contribution in [3.63, 3.8) is 0 Å². The zero-order valence-corrected chi connectivity index (χ0v) is 17.6. The van der Waals surface area contributed by atoms with Gasteiger partial charge in [-0.25, -0.2) is 4.98 Å². The molecule has 0 atom stereocenters. The van der Waals surface area contributed by atoms with Crippen molar-refractivity contribution in [2.75, 3.05) is 12.4 Å². The first kappa shape index (κ1) is 21.3. The highest BCUT2D eigenvalue weighted by atomic mass is 19.3. The molecular formula is C22H20F2N4O4. The van der Waals surface area contributed by atoms with E-state index in [-0.39, 0.29) is 18.1 Å². The lowest BCUT2D eigenvalue weighted by molar-refractivity contribution is -0.00636. The molecule has 3 aromatic heterocycles. The predicted molar refractivity (Wildman–Crippen MR) is 111 cm³/mol. The van der Waals surface area contributed by atoms with Crippen molar-refractivity contribution in [2.45, 2.75) is 26.3 Å². The van der Waals surface area contributed by atoms with E-state index in [0.29, 0.717) is 28.7 Å². The number of anilines is 1. The number of aryl methyl sites for hydroxylation is 1. The van der Waals surface area contributed by atoms with Gasteiger partial charge in [0.25, 0.3) is 5.91 Å². The van der Waals surface area contributed by atoms with E-state index in [1.165, 1.54) is 16.8 Å². The minimum absolute atomic E-state index is 0.103. The number of furan rings is 1. The predicted octanol–water partition coefficient (Wildman–Crippen LogP) is 4.86. The molecule has 0 unspecified atom stereocenters. The van der Waals surface area contributed by atoms with Crippen molar-refractivity contribution in [2.24, 2.45) is 0 Å². The molecule has 1 amide bonds. The van der Waals surface area contributed by atoms with Crippen LogP contribution in [0.3, 0.4) is 0 Å². The summed E-state index contributed by atoms with van der Waals surface area (Å²) in [6, 6.07) is 11.4. The van der Waals surface area contributed by atoms with Crippen molar-refractivity contribution in [3.8, 4) is 17.1 Å². The first-order valence-electron chi connectivity index (χ1n) is 9.66. The van der Waals surface area contributed by atoms with E-state index in [9.17, 15) is 13.6 Å². The van der Waals surface area contributed by atoms with Gasteiger partial charge in [-0.05, 0) is 24.3 Å². The van der Waals surface area contributed by atoms with E-state index in [2.05, 4.69) is 15.4 Å². The molecule has 0 fully saturated rings. The zero-order valence-electron chi connectivity index (χ0n) is 17.6. The molecule has 0 aliphatic carbocycles. The average Bonchev–Trinajstić information content (AvgIpc) is 3.48. The number of benzene rings is 1. The maximum atomic E-state index is 13.3. The van der Waals surface area contributed by atoms with E-state index in [1.54, 1.807) is 50.6 Å². The number of oxazole rings is 1. The molecule has 1 N–H and O–H groups in total. The summed E-state index contributed by atoms with van der Waals surface area (Å²) < 4.78 is 44.2. The highest BCUT2D eigenvalue weighted by Gasteiger charge is 2.28. The second-order valence-electron chi connectivity index (χ2n) is 7.15. The Hall–Kier alpha value is -3.95. The van der Waals surface area contributed by atoms with Crippen molar-refractivity contribution < 1.29 is 27.1 Å². The van der Waals surface area contributed by atoms with Crippen LogP contribution in [0, 0.1) is 6.92 Å². The van der Waals surface area contributed by atoms with Gasteiger partial charge in [-0.1, -0.05) is 12.1 Å². The number of alkyl halides is 2. The lowest BCUT2D eigenvalue weighted by atomic mass is 10.1. The molecule has 4 rings (SSSR count). The zero-order chi connectivity index (χ0) is 22.9. The van der Waals surface area contributed by atoms with E-state index in [0.717, 1.165) is 6.92 Å². The van der Waals surface area contributed by atoms with Gasteiger partial charge in [-0.15, -0.1) is 0 Å². The Morgan fingerprint density at radius 3 is 2.75 bits per heavy atom. The highest BCUT2D eigenvalue weighted by molar-refractivity contribution is 6.06. The van der Waals surface area contributed by atoms with Crippen LogP contribution < -0.4 is 10.1 Å². The second-order valence-corrected chi connectivity index (χ2v) is 7.15. The topological polar surface area (TPSA) is 95.3 Å². The second kappa shape index (κ2) is 8.29. The molecule has 0 aliphatic heterocycles. The van der Waals surface area contributed by atoms with Gasteiger partial charge in [-0.2, -0.15) is 13.9 Å². The van der Waals surface area contributed by atoms with Crippen LogP contribution in [0.15, 0.2) is 57.5 Å². The van der Waals surface area contributed by atoms with E-state index in [1.807, 2.05) is 0 Å². The number of amides is 1. The normalized spacial score (nSPS) is 11.5. The van der Waals surface area contributed by atoms with Crippen molar-refractivity contribution in [1.29, 1.82) is 0 Å². The number of carbonyl (C=O) groups is 1. The number of ether oxygens (including phenoxy) is 1. The first-order valence-corrected chi connectivity index (χ1v) is 9.66. The molecule has 3 heterocycles. The van der Waals surface area contributed by atoms with Crippen LogP contribution in [0.2, 0.25) is 0 Å². The highest BCUT2D eigenvalue weighted by Crippen LogP contribution is 2.29. The number of aromatic nitrogens is 3. The SMILES string of the molecule is COc1cccc(-c2oc(C)nc2C(=O)Nc2ccn(Cc3ccc(C(C)(F)F)o3)n2)c1. The van der Waals surface area contributed by atoms with Crippen LogP contribution in [0.5, 0.6) is 5.75 Å². The molecule has 32 heavy (non-hydrogen) atoms. The van der Waals surface area contributed by atoms with Gasteiger partial charge in [-0.3, -0.25) is 9.48 Å². The number of hydrogen-bond donors (Lipinski definition) is 1. The lowest BCUT2D eigenvalue weighted by Crippen LogP contribution is -2.14. The summed E-state index contributed by atoms with van der Waals surface area (Å²) in [4.78, 5) is 17.0. The van der Waals surface area contributed by atoms with Gasteiger partial charge in [0.1, 0.15) is 11.5 Å². The molecule has 166 valence electrons. The van der Waals surface area contributed by atoms with Crippen LogP contribution >= 0.6 is 0 Å². The number of methoxy groups -OCH3 is 1. The summed E-state index contributed by atoms with van der Waals surface area (Å²) in [5.74, 6) is -2.15. The Bertz CT molecular complexity index is 1250. The van der Waals surface area contributed by atoms with E-state index >= 15 is 0 Å². The molecule has 0 spiro atoms. The quantitative estimate of drug-likeness (QED) is 0.439. The minimum Gasteiger partial charge on any atom is -0.497 e. The summed E-state index contributed by atoms with van der Waals surface area (Å²) >= 11 is 0. The molecule has 10 heteroatoms. The summed E-state index contributed by atoms with van der Waals surface area (Å²) in [6.45, 7) is 2.54. The van der Waals surface area contributed by atoms with Crippen LogP contribution in [0.1, 0.15) is 34.8 Å². The van der Waals surface area contributed by atoms with E-state index in [4.69, 9.17) is 13.6 Å². The van der Waals surface area contributed by atoms with Gasteiger partial charge >= 0.3 is 5.92 Å². The Morgan fingerprint density at radius 2 is 2.03 bits per heavy atom. The van der Waals surface area contributed by atoms with Crippen LogP contribution in [0.25, 0.3) is 11.3 Å². The number of halogens is 2. The number of hydrogen-bond acceptors (Lipinski definition) is 6. The third-order valence-electron chi connectivity index (χ3n) is 4.58. The molecule has 0 radical (unpaired) electrons.